The summed E-state index contributed by atoms with van der Waals surface area (Å²) in [5.41, 5.74) is 0.267. The van der Waals surface area contributed by atoms with Gasteiger partial charge >= 0.3 is 0 Å². The molecule has 0 aliphatic rings. The quantitative estimate of drug-likeness (QED) is 0.732. The van der Waals surface area contributed by atoms with E-state index in [0.717, 1.165) is 12.7 Å². The molecule has 0 fully saturated rings. The van der Waals surface area contributed by atoms with Gasteiger partial charge in [-0.2, -0.15) is 0 Å². The molecule has 0 aliphatic carbocycles. The van der Waals surface area contributed by atoms with E-state index in [-0.39, 0.29) is 18.1 Å². The molecule has 1 aromatic carbocycles. The van der Waals surface area contributed by atoms with Crippen molar-refractivity contribution in [3.63, 3.8) is 0 Å². The van der Waals surface area contributed by atoms with Gasteiger partial charge in [0.25, 0.3) is 5.91 Å². The van der Waals surface area contributed by atoms with E-state index >= 15 is 0 Å². The largest absolute Gasteiger partial charge is 0.481 e. The molecule has 0 aromatic heterocycles. The second-order valence-corrected chi connectivity index (χ2v) is 6.71. The van der Waals surface area contributed by atoms with Gasteiger partial charge in [0.15, 0.2) is 6.61 Å². The molecule has 4 nitrogen and oxygen atoms in total. The lowest BCUT2D eigenvalue weighted by Gasteiger charge is -2.24. The number of hydrogen-bond donors (Lipinski definition) is 1. The number of halogens is 2. The maximum Gasteiger partial charge on any atom is 0.258 e. The molecule has 0 aliphatic heterocycles. The van der Waals surface area contributed by atoms with Crippen LogP contribution in [-0.2, 0) is 4.79 Å². The normalized spacial score (nSPS) is 11.1. The van der Waals surface area contributed by atoms with Gasteiger partial charge in [-0.15, -0.1) is 0 Å². The minimum Gasteiger partial charge on any atom is -0.481 e. The molecular weight excluding hydrogens is 390 g/mol. The molecule has 0 heterocycles. The van der Waals surface area contributed by atoms with E-state index in [4.69, 9.17) is 4.74 Å². The highest BCUT2D eigenvalue weighted by Gasteiger charge is 2.18. The summed E-state index contributed by atoms with van der Waals surface area (Å²) in [6, 6.07) is 3.28. The first kappa shape index (κ1) is 17.2. The van der Waals surface area contributed by atoms with Gasteiger partial charge < -0.3 is 10.1 Å². The maximum atomic E-state index is 11.8. The Kier molecular flexibility index (Phi) is 6.20. The van der Waals surface area contributed by atoms with E-state index < -0.39 is 0 Å². The Balaban J connectivity index is 2.71. The number of aldehydes is 1. The Bertz CT molecular complexity index is 492. The van der Waals surface area contributed by atoms with Crippen molar-refractivity contribution in [3.05, 3.63) is 26.6 Å². The van der Waals surface area contributed by atoms with E-state index in [1.807, 2.05) is 20.8 Å². The smallest absolute Gasteiger partial charge is 0.258 e. The highest BCUT2D eigenvalue weighted by Crippen LogP contribution is 2.34. The fraction of sp³-hybridized carbons (Fsp3) is 0.429. The van der Waals surface area contributed by atoms with Crippen molar-refractivity contribution in [1.29, 1.82) is 0 Å². The molecular formula is C14H17Br2NO3. The van der Waals surface area contributed by atoms with Crippen LogP contribution in [0.25, 0.3) is 0 Å². The molecule has 0 atom stereocenters. The van der Waals surface area contributed by atoms with Crippen LogP contribution in [-0.4, -0.2) is 24.3 Å². The molecule has 1 amide bonds. The zero-order valence-electron chi connectivity index (χ0n) is 11.6. The standard InChI is InChI=1S/C14H17Br2NO3/c1-4-14(2,3)17-12(19)8-20-13-10(15)5-9(7-18)6-11(13)16/h5-7H,4,8H2,1-3H3,(H,17,19). The van der Waals surface area contributed by atoms with Crippen LogP contribution in [0.1, 0.15) is 37.6 Å². The molecule has 1 aromatic rings. The molecule has 0 saturated carbocycles. The Morgan fingerprint density at radius 2 is 1.90 bits per heavy atom. The van der Waals surface area contributed by atoms with Crippen molar-refractivity contribution in [2.45, 2.75) is 32.7 Å². The Morgan fingerprint density at radius 1 is 1.35 bits per heavy atom. The van der Waals surface area contributed by atoms with E-state index in [1.165, 1.54) is 0 Å². The van der Waals surface area contributed by atoms with E-state index in [9.17, 15) is 9.59 Å². The van der Waals surface area contributed by atoms with Crippen LogP contribution in [0, 0.1) is 0 Å². The third-order valence-electron chi connectivity index (χ3n) is 2.87. The number of benzene rings is 1. The Labute approximate surface area is 135 Å². The van der Waals surface area contributed by atoms with Gasteiger partial charge in [0.2, 0.25) is 0 Å². The first-order valence-corrected chi connectivity index (χ1v) is 7.75. The van der Waals surface area contributed by atoms with Crippen LogP contribution >= 0.6 is 31.9 Å². The molecule has 0 saturated heterocycles. The highest BCUT2D eigenvalue weighted by atomic mass is 79.9. The van der Waals surface area contributed by atoms with Gasteiger partial charge in [-0.3, -0.25) is 9.59 Å². The Morgan fingerprint density at radius 3 is 2.35 bits per heavy atom. The molecule has 0 unspecified atom stereocenters. The third kappa shape index (κ3) is 4.90. The molecule has 0 radical (unpaired) electrons. The maximum absolute atomic E-state index is 11.8. The van der Waals surface area contributed by atoms with Gasteiger partial charge in [-0.1, -0.05) is 6.92 Å². The average molecular weight is 407 g/mol. The number of ether oxygens (including phenoxy) is 1. The Hall–Kier alpha value is -0.880. The number of rotatable bonds is 6. The molecule has 0 spiro atoms. The molecule has 1 N–H and O–H groups in total. The van der Waals surface area contributed by atoms with E-state index in [1.54, 1.807) is 12.1 Å². The predicted molar refractivity (Wildman–Crippen MR) is 85.2 cm³/mol. The summed E-state index contributed by atoms with van der Waals surface area (Å²) < 4.78 is 6.74. The summed E-state index contributed by atoms with van der Waals surface area (Å²) in [6.45, 7) is 5.83. The van der Waals surface area contributed by atoms with Crippen LogP contribution in [0.5, 0.6) is 5.75 Å². The predicted octanol–water partition coefficient (Wildman–Crippen LogP) is 3.71. The van der Waals surface area contributed by atoms with Crippen LogP contribution in [0.15, 0.2) is 21.1 Å². The second kappa shape index (κ2) is 7.22. The number of carbonyl (C=O) groups excluding carboxylic acids is 2. The zero-order valence-corrected chi connectivity index (χ0v) is 14.8. The summed E-state index contributed by atoms with van der Waals surface area (Å²) in [6.07, 6.45) is 1.58. The minimum absolute atomic E-state index is 0.0823. The summed E-state index contributed by atoms with van der Waals surface area (Å²) in [4.78, 5) is 22.5. The van der Waals surface area contributed by atoms with Crippen LogP contribution in [0.3, 0.4) is 0 Å². The number of hydrogen-bond acceptors (Lipinski definition) is 3. The van der Waals surface area contributed by atoms with Crippen molar-refractivity contribution in [1.82, 2.24) is 5.32 Å². The molecule has 110 valence electrons. The third-order valence-corrected chi connectivity index (χ3v) is 4.04. The van der Waals surface area contributed by atoms with Crippen molar-refractivity contribution in [3.8, 4) is 5.75 Å². The van der Waals surface area contributed by atoms with Gasteiger partial charge in [-0.25, -0.2) is 0 Å². The van der Waals surface area contributed by atoms with Crippen molar-refractivity contribution >= 4 is 44.1 Å². The monoisotopic (exact) mass is 405 g/mol. The van der Waals surface area contributed by atoms with E-state index in [2.05, 4.69) is 37.2 Å². The van der Waals surface area contributed by atoms with Gasteiger partial charge in [-0.05, 0) is 64.3 Å². The molecule has 1 rings (SSSR count). The van der Waals surface area contributed by atoms with Gasteiger partial charge in [0.05, 0.1) is 8.95 Å². The SMILES string of the molecule is CCC(C)(C)NC(=O)COc1c(Br)cc(C=O)cc1Br. The fourth-order valence-corrected chi connectivity index (χ4v) is 2.88. The summed E-state index contributed by atoms with van der Waals surface area (Å²) >= 11 is 6.64. The van der Waals surface area contributed by atoms with Crippen molar-refractivity contribution < 1.29 is 14.3 Å². The average Bonchev–Trinajstić information content (AvgIpc) is 2.36. The second-order valence-electron chi connectivity index (χ2n) is 5.01. The van der Waals surface area contributed by atoms with Crippen molar-refractivity contribution in [2.75, 3.05) is 6.61 Å². The highest BCUT2D eigenvalue weighted by molar-refractivity contribution is 9.11. The topological polar surface area (TPSA) is 55.4 Å². The van der Waals surface area contributed by atoms with Crippen LogP contribution < -0.4 is 10.1 Å². The zero-order chi connectivity index (χ0) is 15.3. The van der Waals surface area contributed by atoms with Crippen molar-refractivity contribution in [2.24, 2.45) is 0 Å². The lowest BCUT2D eigenvalue weighted by Crippen LogP contribution is -2.44. The van der Waals surface area contributed by atoms with Crippen LogP contribution in [0.2, 0.25) is 0 Å². The molecule has 6 heteroatoms. The lowest BCUT2D eigenvalue weighted by atomic mass is 10.0. The van der Waals surface area contributed by atoms with Crippen LogP contribution in [0.4, 0.5) is 0 Å². The number of carbonyl (C=O) groups is 2. The summed E-state index contributed by atoms with van der Waals surface area (Å²) in [7, 11) is 0. The first-order valence-electron chi connectivity index (χ1n) is 6.17. The first-order chi connectivity index (χ1) is 9.29. The molecule has 0 bridgehead atoms. The fourth-order valence-electron chi connectivity index (χ4n) is 1.43. The molecule has 20 heavy (non-hydrogen) atoms. The van der Waals surface area contributed by atoms with Gasteiger partial charge in [0.1, 0.15) is 12.0 Å². The van der Waals surface area contributed by atoms with E-state index in [0.29, 0.717) is 20.3 Å². The number of amides is 1. The summed E-state index contributed by atoms with van der Waals surface area (Å²) in [5.74, 6) is 0.315. The summed E-state index contributed by atoms with van der Waals surface area (Å²) in [5, 5.41) is 2.89. The minimum atomic E-state index is -0.254. The lowest BCUT2D eigenvalue weighted by molar-refractivity contribution is -0.124. The number of nitrogens with one attached hydrogen (secondary N) is 1. The van der Waals surface area contributed by atoms with Gasteiger partial charge in [0, 0.05) is 11.1 Å².